The zero-order valence-electron chi connectivity index (χ0n) is 30.1. The molecule has 11 atom stereocenters. The summed E-state index contributed by atoms with van der Waals surface area (Å²) in [7, 11) is -11.1. The summed E-state index contributed by atoms with van der Waals surface area (Å²) in [5.74, 6) is -0.675. The second-order valence-corrected chi connectivity index (χ2v) is 17.2. The lowest BCUT2D eigenvalue weighted by molar-refractivity contribution is -0.123. The number of nitrogen functional groups attached to an aromatic ring is 1. The van der Waals surface area contributed by atoms with E-state index in [1.165, 1.54) is 20.7 Å². The van der Waals surface area contributed by atoms with Crippen LogP contribution in [-0.2, 0) is 37.8 Å². The number of β-amino-alcohol motifs (C(OH)–C–C–N with tert-alkyl or cyclic N) is 1. The van der Waals surface area contributed by atoms with E-state index >= 15 is 0 Å². The molecule has 1 aromatic carbocycles. The number of phosphoric acid groups is 2. The molecule has 0 bridgehead atoms. The Balaban J connectivity index is 0.990. The van der Waals surface area contributed by atoms with E-state index in [1.807, 2.05) is 0 Å². The first-order chi connectivity index (χ1) is 27.3. The van der Waals surface area contributed by atoms with Gasteiger partial charge in [-0.05, 0) is 43.0 Å². The fourth-order valence-electron chi connectivity index (χ4n) is 7.37. The van der Waals surface area contributed by atoms with Gasteiger partial charge < -0.3 is 60.7 Å². The first-order valence-electron chi connectivity index (χ1n) is 17.4. The number of imide groups is 1. The number of aliphatic hydroxyl groups excluding tert-OH is 6. The van der Waals surface area contributed by atoms with Crippen molar-refractivity contribution in [3.8, 4) is 0 Å². The number of carbonyl (C=O) groups excluding carboxylic acids is 2. The minimum absolute atomic E-state index is 0.0140. The number of fused-ring (bicyclic) bond motifs is 3. The number of thiol groups is 1. The van der Waals surface area contributed by atoms with Gasteiger partial charge in [0, 0.05) is 5.75 Å². The maximum absolute atomic E-state index is 13.5. The molecule has 28 heteroatoms. The number of phosphoric ester groups is 2. The van der Waals surface area contributed by atoms with Crippen LogP contribution in [0.1, 0.15) is 30.2 Å². The van der Waals surface area contributed by atoms with Crippen LogP contribution in [0.4, 0.5) is 22.0 Å². The van der Waals surface area contributed by atoms with Crippen molar-refractivity contribution < 1.29 is 77.2 Å². The molecular weight excluding hydrogens is 836 g/mol. The molecule has 2 unspecified atom stereocenters. The number of hydrogen-bond acceptors (Lipinski definition) is 21. The Morgan fingerprint density at radius 2 is 1.78 bits per heavy atom. The molecule has 25 nitrogen and oxygen atoms in total. The lowest BCUT2D eigenvalue weighted by Gasteiger charge is -2.51. The van der Waals surface area contributed by atoms with E-state index < -0.39 is 102 Å². The molecule has 3 aromatic rings. The fourth-order valence-corrected chi connectivity index (χ4v) is 9.81. The van der Waals surface area contributed by atoms with Gasteiger partial charge in [-0.15, -0.1) is 0 Å². The lowest BCUT2D eigenvalue weighted by Crippen LogP contribution is -2.72. The van der Waals surface area contributed by atoms with E-state index in [0.29, 0.717) is 11.3 Å². The number of amidine groups is 1. The molecule has 0 aliphatic carbocycles. The van der Waals surface area contributed by atoms with Gasteiger partial charge in [0.25, 0.3) is 5.91 Å². The summed E-state index contributed by atoms with van der Waals surface area (Å²) in [6.45, 7) is -1.07. The Bertz CT molecular complexity index is 2250. The highest BCUT2D eigenvalue weighted by Gasteiger charge is 2.62. The van der Waals surface area contributed by atoms with E-state index in [9.17, 15) is 59.1 Å². The molecule has 1 spiro atoms. The number of carbonyl (C=O) groups is 2. The number of amides is 3. The van der Waals surface area contributed by atoms with E-state index in [0.717, 1.165) is 11.9 Å². The van der Waals surface area contributed by atoms with Gasteiger partial charge in [-0.3, -0.25) is 23.7 Å². The Morgan fingerprint density at radius 3 is 2.50 bits per heavy atom. The SMILES string of the molecule is Cc1cc2c(cc1CS)N(C[C@H](O)[C@H](O)[C@H](O)COP(=O)(O)OP(=O)(O)OC[C@H]1O[C@@H](n3cnc4c(N)ncnc43)[C@H](O)[C@@H]1O)C1=NC(=O)NC(=O)[C@]13CC[C@@H](O)N23. The van der Waals surface area contributed by atoms with Crippen LogP contribution in [0.3, 0.4) is 0 Å². The molecule has 2 aromatic heterocycles. The molecule has 2 saturated heterocycles. The van der Waals surface area contributed by atoms with Gasteiger partial charge in [0.2, 0.25) is 0 Å². The topological polar surface area (TPSA) is 368 Å². The van der Waals surface area contributed by atoms with Crippen molar-refractivity contribution in [3.63, 3.8) is 0 Å². The Morgan fingerprint density at radius 1 is 1.05 bits per heavy atom. The molecule has 6 heterocycles. The van der Waals surface area contributed by atoms with Crippen LogP contribution in [0.25, 0.3) is 11.2 Å². The normalized spacial score (nSPS) is 29.2. The van der Waals surface area contributed by atoms with Gasteiger partial charge in [-0.1, -0.05) is 0 Å². The number of rotatable bonds is 14. The van der Waals surface area contributed by atoms with Crippen LogP contribution in [0, 0.1) is 6.92 Å². The number of aliphatic imine (C=N–C) groups is 1. The molecule has 316 valence electrons. The van der Waals surface area contributed by atoms with Crippen molar-refractivity contribution in [1.82, 2.24) is 24.8 Å². The molecule has 7 rings (SSSR count). The lowest BCUT2D eigenvalue weighted by atomic mass is 9.86. The van der Waals surface area contributed by atoms with Crippen molar-refractivity contribution in [2.24, 2.45) is 4.99 Å². The zero-order chi connectivity index (χ0) is 42.1. The summed E-state index contributed by atoms with van der Waals surface area (Å²) in [4.78, 5) is 65.0. The van der Waals surface area contributed by atoms with Crippen LogP contribution >= 0.6 is 28.3 Å². The molecule has 4 aliphatic rings. The number of imidazole rings is 1. The molecule has 2 fully saturated rings. The molecule has 4 aliphatic heterocycles. The number of nitrogens with two attached hydrogens (primary N) is 1. The molecule has 11 N–H and O–H groups in total. The van der Waals surface area contributed by atoms with Crippen molar-refractivity contribution in [2.45, 2.75) is 80.1 Å². The molecule has 3 amide bonds. The van der Waals surface area contributed by atoms with Crippen LogP contribution < -0.4 is 20.9 Å². The third-order valence-corrected chi connectivity index (χ3v) is 13.2. The highest BCUT2D eigenvalue weighted by atomic mass is 32.1. The number of ether oxygens (including phenoxy) is 1. The zero-order valence-corrected chi connectivity index (χ0v) is 32.7. The van der Waals surface area contributed by atoms with Crippen molar-refractivity contribution >= 4 is 74.4 Å². The molecule has 58 heavy (non-hydrogen) atoms. The van der Waals surface area contributed by atoms with E-state index in [4.69, 9.17) is 15.0 Å². The van der Waals surface area contributed by atoms with Gasteiger partial charge in [0.1, 0.15) is 54.7 Å². The minimum atomic E-state index is -5.58. The Kier molecular flexibility index (Phi) is 11.5. The van der Waals surface area contributed by atoms with Gasteiger partial charge >= 0.3 is 21.7 Å². The quantitative estimate of drug-likeness (QED) is 0.0612. The standard InChI is InChI=1S/C30H39N9O16P2S/c1-12-4-15-14(5-13(12)9-58)37(27-30(3-2-19(42)39(15)30)28(46)36-29(47)35-27)6-16(40)21(43)17(41)7-52-56(48,49)55-57(50,51)53-8-18-22(44)23(45)26(54-18)38-11-34-20-24(31)32-10-33-25(20)38/h4-5,10-11,16-19,21-23,26,40-45,58H,2-3,6-9H2,1H3,(H,48,49)(H,50,51)(H2,31,32,33)(H,36,46,47)/t16-,17+,18+,19+,21-,22+,23+,26+,30-/m0/s1. The largest absolute Gasteiger partial charge is 0.481 e. The molecule has 0 saturated carbocycles. The second kappa shape index (κ2) is 15.7. The second-order valence-electron chi connectivity index (χ2n) is 13.8. The Labute approximate surface area is 332 Å². The predicted octanol–water partition coefficient (Wildman–Crippen LogP) is -2.07. The number of anilines is 3. The highest BCUT2D eigenvalue weighted by molar-refractivity contribution is 7.79. The third-order valence-electron chi connectivity index (χ3n) is 10.2. The van der Waals surface area contributed by atoms with Crippen molar-refractivity contribution in [3.05, 3.63) is 35.9 Å². The number of hydrogen-bond donors (Lipinski definition) is 11. The van der Waals surface area contributed by atoms with Crippen LogP contribution in [0.15, 0.2) is 29.8 Å². The van der Waals surface area contributed by atoms with E-state index in [2.05, 4.69) is 46.7 Å². The number of urea groups is 1. The summed E-state index contributed by atoms with van der Waals surface area (Å²) in [5, 5.41) is 67.1. The number of nitrogens with one attached hydrogen (secondary N) is 1. The average molecular weight is 876 g/mol. The summed E-state index contributed by atoms with van der Waals surface area (Å²) in [6.07, 6.45) is -11.2. The number of aromatic nitrogens is 4. The van der Waals surface area contributed by atoms with Gasteiger partial charge in [0.15, 0.2) is 29.1 Å². The van der Waals surface area contributed by atoms with Gasteiger partial charge in [-0.25, -0.2) is 28.9 Å². The van der Waals surface area contributed by atoms with Crippen LogP contribution in [0.5, 0.6) is 0 Å². The van der Waals surface area contributed by atoms with E-state index in [1.54, 1.807) is 19.1 Å². The van der Waals surface area contributed by atoms with Crippen molar-refractivity contribution in [1.29, 1.82) is 0 Å². The van der Waals surface area contributed by atoms with Gasteiger partial charge in [-0.2, -0.15) is 21.9 Å². The summed E-state index contributed by atoms with van der Waals surface area (Å²) in [5.41, 5.74) is 6.44. The van der Waals surface area contributed by atoms with Crippen molar-refractivity contribution in [2.75, 3.05) is 35.3 Å². The number of benzene rings is 1. The van der Waals surface area contributed by atoms with Crippen LogP contribution in [0.2, 0.25) is 0 Å². The summed E-state index contributed by atoms with van der Waals surface area (Å²) in [6, 6.07) is 2.32. The number of aryl methyl sites for hydroxylation is 1. The first kappa shape index (κ1) is 42.4. The fraction of sp³-hybridized carbons (Fsp3) is 0.533. The molecular formula is C30H39N9O16P2S. The number of nitrogens with zero attached hydrogens (tertiary/aromatic N) is 7. The predicted molar refractivity (Wildman–Crippen MR) is 199 cm³/mol. The summed E-state index contributed by atoms with van der Waals surface area (Å²) >= 11 is 4.36. The highest BCUT2D eigenvalue weighted by Crippen LogP contribution is 2.60. The van der Waals surface area contributed by atoms with Crippen LogP contribution in [-0.4, -0.2) is 146 Å². The Hall–Kier alpha value is -3.69. The van der Waals surface area contributed by atoms with E-state index in [-0.39, 0.29) is 47.1 Å². The first-order valence-corrected chi connectivity index (χ1v) is 21.0. The average Bonchev–Trinajstić information content (AvgIpc) is 3.83. The monoisotopic (exact) mass is 875 g/mol. The maximum Gasteiger partial charge on any atom is 0.481 e. The minimum Gasteiger partial charge on any atom is -0.388 e. The smallest absolute Gasteiger partial charge is 0.388 e. The third kappa shape index (κ3) is 7.52. The molecule has 0 radical (unpaired) electrons. The maximum atomic E-state index is 13.5. The summed E-state index contributed by atoms with van der Waals surface area (Å²) < 4.78 is 45.7. The van der Waals surface area contributed by atoms with Gasteiger partial charge in [0.05, 0.1) is 37.5 Å². The number of aliphatic hydroxyl groups is 6.